The molecule has 0 radical (unpaired) electrons. The molecule has 10 N–H and O–H groups in total. The molecule has 0 heterocycles. The fraction of sp³-hybridized carbons (Fsp3) is 0.468. The highest BCUT2D eigenvalue weighted by Crippen LogP contribution is 2.38. The van der Waals surface area contributed by atoms with Gasteiger partial charge in [-0.25, -0.2) is 15.0 Å². The number of nitrogens with zero attached hydrogens (tertiary/aromatic N) is 2. The van der Waals surface area contributed by atoms with E-state index in [4.69, 9.17) is 31.1 Å². The van der Waals surface area contributed by atoms with Gasteiger partial charge in [0.15, 0.2) is 0 Å². The Hall–Kier alpha value is -5.43. The summed E-state index contributed by atoms with van der Waals surface area (Å²) in [6, 6.07) is 24.2. The molecule has 3 aromatic rings. The number of carbonyl (C=O) groups is 4. The molecule has 366 valence electrons. The second kappa shape index (κ2) is 33.1. The number of aliphatic imine (C=N–C) groups is 2. The standard InChI is InChI=1S/C47H69N10O8PS/c1-36(49)53-25-14-12-22-41(45(59)63-31-38-16-6-3-7-17-38)56-66(62,57-42(23-13-15-26-54-37(2)50)46(60)64-32-39-18-8-4-9-19-39)35-52-30-44(58)55-43(34-67-29-28-51-27-24-48)47(61)65-33-40-20-10-5-11-21-40/h3-11,16-21,24,41-43,48,51-52H,12-15,22-23,25-35H2,1-2H3,(H2,49,53)(H2,50,54)(H,55,58)(H2,56,57,62). The summed E-state index contributed by atoms with van der Waals surface area (Å²) in [6.45, 7) is 4.78. The number of amides is 1. The molecule has 0 saturated carbocycles. The van der Waals surface area contributed by atoms with Crippen LogP contribution in [0.3, 0.4) is 0 Å². The van der Waals surface area contributed by atoms with E-state index in [0.29, 0.717) is 69.3 Å². The first kappa shape index (κ1) is 55.9. The Morgan fingerprint density at radius 1 is 0.672 bits per heavy atom. The molecule has 0 aliphatic heterocycles. The Bertz CT molecular complexity index is 1940. The van der Waals surface area contributed by atoms with Crippen LogP contribution in [0.4, 0.5) is 0 Å². The van der Waals surface area contributed by atoms with E-state index in [1.54, 1.807) is 13.8 Å². The minimum absolute atomic E-state index is 0.0139. The van der Waals surface area contributed by atoms with E-state index >= 15 is 4.57 Å². The topological polar surface area (TPSA) is 274 Å². The maximum atomic E-state index is 15.3. The third-order valence-electron chi connectivity index (χ3n) is 9.69. The van der Waals surface area contributed by atoms with Crippen molar-refractivity contribution >= 4 is 60.9 Å². The number of esters is 3. The number of thioether (sulfide) groups is 1. The van der Waals surface area contributed by atoms with Gasteiger partial charge in [0.05, 0.1) is 24.5 Å². The van der Waals surface area contributed by atoms with Gasteiger partial charge in [-0.1, -0.05) is 91.0 Å². The molecule has 3 unspecified atom stereocenters. The molecule has 0 aliphatic carbocycles. The molecule has 0 bridgehead atoms. The zero-order valence-corrected chi connectivity index (χ0v) is 40.4. The molecule has 67 heavy (non-hydrogen) atoms. The summed E-state index contributed by atoms with van der Waals surface area (Å²) in [5.41, 5.74) is 13.8. The molecule has 1 amide bonds. The number of nitrogens with two attached hydrogens (primary N) is 2. The first-order valence-electron chi connectivity index (χ1n) is 22.4. The average Bonchev–Trinajstić information content (AvgIpc) is 3.32. The summed E-state index contributed by atoms with van der Waals surface area (Å²) >= 11 is 1.43. The number of unbranched alkanes of at least 4 members (excludes halogenated alkanes) is 2. The molecule has 18 nitrogen and oxygen atoms in total. The highest BCUT2D eigenvalue weighted by Gasteiger charge is 2.35. The second-order valence-electron chi connectivity index (χ2n) is 15.6. The smallest absolute Gasteiger partial charge is 0.329 e. The maximum Gasteiger partial charge on any atom is 0.329 e. The highest BCUT2D eigenvalue weighted by molar-refractivity contribution is 7.99. The Kier molecular flexibility index (Phi) is 27.6. The van der Waals surface area contributed by atoms with E-state index in [2.05, 4.69) is 36.1 Å². The maximum absolute atomic E-state index is 15.3. The minimum atomic E-state index is -4.07. The number of hydrogen-bond donors (Lipinski definition) is 8. The molecule has 0 fully saturated rings. The van der Waals surface area contributed by atoms with Crippen LogP contribution in [0.15, 0.2) is 101 Å². The fourth-order valence-electron chi connectivity index (χ4n) is 6.28. The van der Waals surface area contributed by atoms with E-state index in [1.165, 1.54) is 18.0 Å². The summed E-state index contributed by atoms with van der Waals surface area (Å²) in [4.78, 5) is 63.1. The van der Waals surface area contributed by atoms with Crippen LogP contribution in [0.2, 0.25) is 0 Å². The molecule has 0 spiro atoms. The number of carbonyl (C=O) groups excluding carboxylic acids is 4. The van der Waals surface area contributed by atoms with E-state index in [1.807, 2.05) is 91.0 Å². The second-order valence-corrected chi connectivity index (χ2v) is 19.1. The van der Waals surface area contributed by atoms with Crippen molar-refractivity contribution in [2.45, 2.75) is 90.3 Å². The summed E-state index contributed by atoms with van der Waals surface area (Å²) < 4.78 is 32.4. The van der Waals surface area contributed by atoms with Crippen molar-refractivity contribution in [1.82, 2.24) is 26.1 Å². The minimum Gasteiger partial charge on any atom is -0.460 e. The van der Waals surface area contributed by atoms with E-state index in [0.717, 1.165) is 16.7 Å². The number of ether oxygens (including phenoxy) is 3. The Labute approximate surface area is 399 Å². The van der Waals surface area contributed by atoms with Gasteiger partial charge in [0.25, 0.3) is 0 Å². The van der Waals surface area contributed by atoms with Crippen LogP contribution in [0, 0.1) is 5.41 Å². The Morgan fingerprint density at radius 2 is 1.10 bits per heavy atom. The molecule has 3 atom stereocenters. The van der Waals surface area contributed by atoms with E-state index in [-0.39, 0.29) is 45.0 Å². The molecular formula is C47H69N10O8PS. The number of amidine groups is 2. The lowest BCUT2D eigenvalue weighted by molar-refractivity contribution is -0.148. The van der Waals surface area contributed by atoms with Gasteiger partial charge < -0.3 is 41.7 Å². The normalized spacial score (nSPS) is 13.9. The summed E-state index contributed by atoms with van der Waals surface area (Å²) in [5, 5.41) is 22.0. The third-order valence-corrected chi connectivity index (χ3v) is 12.9. The number of hydrogen-bond acceptors (Lipinski definition) is 14. The Morgan fingerprint density at radius 3 is 1.52 bits per heavy atom. The van der Waals surface area contributed by atoms with Gasteiger partial charge in [-0.15, -0.1) is 0 Å². The average molecular weight is 965 g/mol. The zero-order chi connectivity index (χ0) is 48.5. The van der Waals surface area contributed by atoms with E-state index in [9.17, 15) is 19.2 Å². The summed E-state index contributed by atoms with van der Waals surface area (Å²) in [5.74, 6) is -0.867. The van der Waals surface area contributed by atoms with Gasteiger partial charge in [0.2, 0.25) is 13.4 Å². The van der Waals surface area contributed by atoms with Crippen LogP contribution in [-0.2, 0) is 57.8 Å². The summed E-state index contributed by atoms with van der Waals surface area (Å²) in [7, 11) is -4.07. The van der Waals surface area contributed by atoms with Crippen molar-refractivity contribution in [3.63, 3.8) is 0 Å². The van der Waals surface area contributed by atoms with Crippen LogP contribution < -0.4 is 37.6 Å². The van der Waals surface area contributed by atoms with Crippen molar-refractivity contribution in [2.24, 2.45) is 21.5 Å². The quantitative estimate of drug-likeness (QED) is 0.0101. The van der Waals surface area contributed by atoms with Crippen LogP contribution >= 0.6 is 19.2 Å². The van der Waals surface area contributed by atoms with Gasteiger partial charge in [-0.05, 0) is 69.1 Å². The van der Waals surface area contributed by atoms with E-state index < -0.39 is 55.7 Å². The lowest BCUT2D eigenvalue weighted by Gasteiger charge is -2.29. The molecule has 20 heteroatoms. The molecule has 3 rings (SSSR count). The van der Waals surface area contributed by atoms with Crippen molar-refractivity contribution in [3.05, 3.63) is 108 Å². The predicted molar refractivity (Wildman–Crippen MR) is 266 cm³/mol. The third kappa shape index (κ3) is 25.3. The zero-order valence-electron chi connectivity index (χ0n) is 38.7. The SMILES string of the molecule is CC(N)=NCCCCC(NP(=O)(CNCC(=O)NC(CSCCNCC=N)C(=O)OCc1ccccc1)NC(CCCCN=C(C)N)C(=O)OCc1ccccc1)C(=O)OCc1ccccc1. The van der Waals surface area contributed by atoms with Gasteiger partial charge in [-0.3, -0.25) is 34.3 Å². The highest BCUT2D eigenvalue weighted by atomic mass is 32.2. The first-order chi connectivity index (χ1) is 32.4. The van der Waals surface area contributed by atoms with Gasteiger partial charge in [-0.2, -0.15) is 11.8 Å². The van der Waals surface area contributed by atoms with Crippen molar-refractivity contribution < 1.29 is 38.0 Å². The largest absolute Gasteiger partial charge is 0.460 e. The van der Waals surface area contributed by atoms with Crippen molar-refractivity contribution in [2.75, 3.05) is 50.5 Å². The van der Waals surface area contributed by atoms with Crippen LogP contribution in [0.5, 0.6) is 0 Å². The number of nitrogens with one attached hydrogen (secondary N) is 6. The fourth-order valence-corrected chi connectivity index (χ4v) is 9.35. The monoisotopic (exact) mass is 964 g/mol. The molecule has 3 aromatic carbocycles. The molecule has 0 aromatic heterocycles. The van der Waals surface area contributed by atoms with Crippen LogP contribution in [0.25, 0.3) is 0 Å². The first-order valence-corrected chi connectivity index (χ1v) is 25.5. The van der Waals surface area contributed by atoms with Crippen molar-refractivity contribution in [3.8, 4) is 0 Å². The molecular weight excluding hydrogens is 896 g/mol. The number of rotatable bonds is 35. The molecule has 0 saturated heterocycles. The van der Waals surface area contributed by atoms with Crippen LogP contribution in [-0.4, -0.2) is 110 Å². The van der Waals surface area contributed by atoms with Gasteiger partial charge in [0, 0.05) is 43.9 Å². The molecule has 0 aliphatic rings. The lowest BCUT2D eigenvalue weighted by Crippen LogP contribution is -2.49. The van der Waals surface area contributed by atoms with Crippen molar-refractivity contribution in [1.29, 1.82) is 5.41 Å². The Balaban J connectivity index is 1.87. The summed E-state index contributed by atoms with van der Waals surface area (Å²) in [6.07, 6.45) is 3.33. The van der Waals surface area contributed by atoms with Gasteiger partial charge >= 0.3 is 17.9 Å². The number of benzene rings is 3. The van der Waals surface area contributed by atoms with Gasteiger partial charge in [0.1, 0.15) is 37.9 Å². The van der Waals surface area contributed by atoms with Crippen LogP contribution in [0.1, 0.15) is 69.1 Å². The predicted octanol–water partition coefficient (Wildman–Crippen LogP) is 4.43. The lowest BCUT2D eigenvalue weighted by atomic mass is 10.1.